The van der Waals surface area contributed by atoms with Crippen LogP contribution in [0.2, 0.25) is 5.15 Å². The molecule has 1 aliphatic heterocycles. The molecule has 1 aliphatic rings. The van der Waals surface area contributed by atoms with Gasteiger partial charge in [0, 0.05) is 20.1 Å². The fourth-order valence-corrected chi connectivity index (χ4v) is 2.43. The molecule has 0 aromatic carbocycles. The summed E-state index contributed by atoms with van der Waals surface area (Å²) in [5.41, 5.74) is 0.302. The van der Waals surface area contributed by atoms with Gasteiger partial charge in [0.05, 0.1) is 12.4 Å². The highest BCUT2D eigenvalue weighted by Gasteiger charge is 2.23. The van der Waals surface area contributed by atoms with Crippen LogP contribution in [0.15, 0.2) is 12.4 Å². The van der Waals surface area contributed by atoms with E-state index in [0.717, 1.165) is 26.1 Å². The number of amides is 1. The number of carbonyl (C=O) groups is 1. The number of likely N-dealkylation sites (tertiary alicyclic amines) is 1. The molecule has 2 heterocycles. The van der Waals surface area contributed by atoms with Gasteiger partial charge in [-0.25, -0.2) is 4.98 Å². The molecule has 1 atom stereocenters. The Morgan fingerprint density at radius 2 is 2.39 bits per heavy atom. The van der Waals surface area contributed by atoms with Gasteiger partial charge in [-0.3, -0.25) is 9.78 Å². The van der Waals surface area contributed by atoms with Crippen molar-refractivity contribution >= 4 is 17.5 Å². The first kappa shape index (κ1) is 13.2. The average molecular weight is 269 g/mol. The van der Waals surface area contributed by atoms with Gasteiger partial charge in [-0.2, -0.15) is 0 Å². The van der Waals surface area contributed by atoms with Crippen molar-refractivity contribution in [3.8, 4) is 0 Å². The van der Waals surface area contributed by atoms with Crippen molar-refractivity contribution in [2.24, 2.45) is 5.92 Å². The summed E-state index contributed by atoms with van der Waals surface area (Å²) in [4.78, 5) is 24.0. The Kier molecular flexibility index (Phi) is 4.14. The van der Waals surface area contributed by atoms with Gasteiger partial charge in [0.1, 0.15) is 10.8 Å². The predicted octanol–water partition coefficient (Wildman–Crippen LogP) is 1.15. The molecule has 0 radical (unpaired) electrons. The van der Waals surface area contributed by atoms with E-state index in [1.807, 2.05) is 0 Å². The van der Waals surface area contributed by atoms with Crippen LogP contribution in [-0.4, -0.2) is 59.4 Å². The second-order valence-corrected chi connectivity index (χ2v) is 5.22. The first-order valence-corrected chi connectivity index (χ1v) is 6.35. The zero-order valence-electron chi connectivity index (χ0n) is 10.6. The number of rotatable bonds is 3. The molecule has 2 rings (SSSR count). The molecule has 1 aromatic rings. The van der Waals surface area contributed by atoms with Crippen LogP contribution in [-0.2, 0) is 0 Å². The topological polar surface area (TPSA) is 49.3 Å². The van der Waals surface area contributed by atoms with E-state index in [9.17, 15) is 4.79 Å². The molecule has 6 heteroatoms. The van der Waals surface area contributed by atoms with E-state index in [1.54, 1.807) is 11.9 Å². The van der Waals surface area contributed by atoms with E-state index >= 15 is 0 Å². The van der Waals surface area contributed by atoms with Gasteiger partial charge in [-0.15, -0.1) is 0 Å². The molecule has 0 N–H and O–H groups in total. The molecule has 0 bridgehead atoms. The number of hydrogen-bond donors (Lipinski definition) is 0. The molecule has 1 saturated heterocycles. The summed E-state index contributed by atoms with van der Waals surface area (Å²) in [7, 11) is 3.90. The molecule has 1 aromatic heterocycles. The van der Waals surface area contributed by atoms with E-state index < -0.39 is 0 Å². The number of nitrogens with zero attached hydrogens (tertiary/aromatic N) is 4. The van der Waals surface area contributed by atoms with Crippen molar-refractivity contribution in [2.45, 2.75) is 6.42 Å². The molecule has 1 amide bonds. The highest BCUT2D eigenvalue weighted by Crippen LogP contribution is 2.16. The predicted molar refractivity (Wildman–Crippen MR) is 69.6 cm³/mol. The third-order valence-electron chi connectivity index (χ3n) is 3.19. The van der Waals surface area contributed by atoms with Crippen LogP contribution in [0.4, 0.5) is 0 Å². The second-order valence-electron chi connectivity index (χ2n) is 4.83. The fourth-order valence-electron chi connectivity index (χ4n) is 2.29. The standard InChI is InChI=1S/C12H17ClN4O/c1-16-4-3-9(7-16)8-17(2)12(18)10-5-14-6-11(13)15-10/h5-6,9H,3-4,7-8H2,1-2H3. The summed E-state index contributed by atoms with van der Waals surface area (Å²) in [5.74, 6) is 0.413. The van der Waals surface area contributed by atoms with Crippen LogP contribution in [0.25, 0.3) is 0 Å². The zero-order valence-corrected chi connectivity index (χ0v) is 11.4. The minimum atomic E-state index is -0.125. The maximum atomic E-state index is 12.1. The minimum absolute atomic E-state index is 0.125. The van der Waals surface area contributed by atoms with Crippen molar-refractivity contribution < 1.29 is 4.79 Å². The quantitative estimate of drug-likeness (QED) is 0.825. The Balaban J connectivity index is 1.96. The van der Waals surface area contributed by atoms with E-state index in [2.05, 4.69) is 21.9 Å². The first-order chi connectivity index (χ1) is 8.56. The fraction of sp³-hybridized carbons (Fsp3) is 0.583. The third kappa shape index (κ3) is 3.17. The van der Waals surface area contributed by atoms with Gasteiger partial charge in [0.15, 0.2) is 0 Å². The third-order valence-corrected chi connectivity index (χ3v) is 3.37. The second kappa shape index (κ2) is 5.63. The van der Waals surface area contributed by atoms with Crippen LogP contribution in [0.5, 0.6) is 0 Å². The summed E-state index contributed by atoms with van der Waals surface area (Å²) in [6.07, 6.45) is 4.01. The van der Waals surface area contributed by atoms with Crippen molar-refractivity contribution in [2.75, 3.05) is 33.7 Å². The minimum Gasteiger partial charge on any atom is -0.340 e. The summed E-state index contributed by atoms with van der Waals surface area (Å²) in [6, 6.07) is 0. The van der Waals surface area contributed by atoms with E-state index in [4.69, 9.17) is 11.6 Å². The highest BCUT2D eigenvalue weighted by molar-refractivity contribution is 6.29. The van der Waals surface area contributed by atoms with Crippen LogP contribution in [0, 0.1) is 5.92 Å². The van der Waals surface area contributed by atoms with Crippen LogP contribution >= 0.6 is 11.6 Å². The van der Waals surface area contributed by atoms with Gasteiger partial charge in [-0.05, 0) is 25.9 Å². The molecule has 98 valence electrons. The van der Waals surface area contributed by atoms with Gasteiger partial charge >= 0.3 is 0 Å². The summed E-state index contributed by atoms with van der Waals surface area (Å²) >= 11 is 5.73. The smallest absolute Gasteiger partial charge is 0.273 e. The highest BCUT2D eigenvalue weighted by atomic mass is 35.5. The van der Waals surface area contributed by atoms with Crippen molar-refractivity contribution in [1.29, 1.82) is 0 Å². The largest absolute Gasteiger partial charge is 0.340 e. The number of carbonyl (C=O) groups excluding carboxylic acids is 1. The molecule has 0 saturated carbocycles. The van der Waals surface area contributed by atoms with Crippen LogP contribution in [0.3, 0.4) is 0 Å². The number of halogens is 1. The SMILES string of the molecule is CN1CCC(CN(C)C(=O)c2cncc(Cl)n2)C1. The van der Waals surface area contributed by atoms with Crippen molar-refractivity contribution in [3.63, 3.8) is 0 Å². The van der Waals surface area contributed by atoms with E-state index in [-0.39, 0.29) is 11.1 Å². The zero-order chi connectivity index (χ0) is 13.1. The lowest BCUT2D eigenvalue weighted by Crippen LogP contribution is -2.33. The van der Waals surface area contributed by atoms with Crippen molar-refractivity contribution in [1.82, 2.24) is 19.8 Å². The molecule has 0 aliphatic carbocycles. The molecule has 5 nitrogen and oxygen atoms in total. The van der Waals surface area contributed by atoms with Crippen molar-refractivity contribution in [3.05, 3.63) is 23.2 Å². The Bertz CT molecular complexity index is 440. The molecule has 1 unspecified atom stereocenters. The normalized spacial score (nSPS) is 20.1. The van der Waals surface area contributed by atoms with Gasteiger partial charge in [0.2, 0.25) is 0 Å². The molecule has 0 spiro atoms. The molecule has 18 heavy (non-hydrogen) atoms. The maximum Gasteiger partial charge on any atom is 0.273 e. The lowest BCUT2D eigenvalue weighted by Gasteiger charge is -2.20. The molecular formula is C12H17ClN4O. The van der Waals surface area contributed by atoms with E-state index in [0.29, 0.717) is 11.6 Å². The van der Waals surface area contributed by atoms with Gasteiger partial charge < -0.3 is 9.80 Å². The molecule has 1 fully saturated rings. The lowest BCUT2D eigenvalue weighted by atomic mass is 10.1. The molecular weight excluding hydrogens is 252 g/mol. The maximum absolute atomic E-state index is 12.1. The Morgan fingerprint density at radius 3 is 3.00 bits per heavy atom. The van der Waals surface area contributed by atoms with Gasteiger partial charge in [0.25, 0.3) is 5.91 Å². The lowest BCUT2D eigenvalue weighted by molar-refractivity contribution is 0.0767. The van der Waals surface area contributed by atoms with Crippen LogP contribution < -0.4 is 0 Å². The van der Waals surface area contributed by atoms with Crippen LogP contribution in [0.1, 0.15) is 16.9 Å². The summed E-state index contributed by atoms with van der Waals surface area (Å²) < 4.78 is 0. The Hall–Kier alpha value is -1.20. The number of aromatic nitrogens is 2. The van der Waals surface area contributed by atoms with E-state index in [1.165, 1.54) is 12.4 Å². The first-order valence-electron chi connectivity index (χ1n) is 5.98. The summed E-state index contributed by atoms with van der Waals surface area (Å²) in [6.45, 7) is 2.89. The Morgan fingerprint density at radius 1 is 1.61 bits per heavy atom. The average Bonchev–Trinajstić information content (AvgIpc) is 2.73. The summed E-state index contributed by atoms with van der Waals surface area (Å²) in [5, 5.41) is 0.245. The Labute approximate surface area is 112 Å². The monoisotopic (exact) mass is 268 g/mol. The van der Waals surface area contributed by atoms with Gasteiger partial charge in [-0.1, -0.05) is 11.6 Å². The number of hydrogen-bond acceptors (Lipinski definition) is 4.